The molecule has 0 saturated heterocycles. The second kappa shape index (κ2) is 8.14. The molecule has 160 valence electrons. The van der Waals surface area contributed by atoms with Crippen molar-refractivity contribution in [2.24, 2.45) is 0 Å². The average molecular weight is 436 g/mol. The van der Waals surface area contributed by atoms with Gasteiger partial charge in [0.15, 0.2) is 0 Å². The van der Waals surface area contributed by atoms with Crippen molar-refractivity contribution in [1.29, 1.82) is 0 Å². The lowest BCUT2D eigenvalue weighted by molar-refractivity contribution is -0.137. The number of fused-ring (bicyclic) bond motifs is 1. The van der Waals surface area contributed by atoms with Gasteiger partial charge < -0.3 is 5.11 Å². The van der Waals surface area contributed by atoms with Crippen LogP contribution in [0.25, 0.3) is 28.7 Å². The Morgan fingerprint density at radius 1 is 0.938 bits per heavy atom. The molecule has 0 aliphatic rings. The molecule has 1 N–H and O–H groups in total. The summed E-state index contributed by atoms with van der Waals surface area (Å²) in [5, 5.41) is 9.47. The molecule has 3 aromatic carbocycles. The quantitative estimate of drug-likeness (QED) is 0.473. The largest absolute Gasteiger partial charge is 0.478 e. The maximum absolute atomic E-state index is 13.2. The maximum Gasteiger partial charge on any atom is 0.416 e. The van der Waals surface area contributed by atoms with Crippen LogP contribution in [-0.4, -0.2) is 20.6 Å². The fourth-order valence-electron chi connectivity index (χ4n) is 3.25. The van der Waals surface area contributed by atoms with Crippen LogP contribution >= 0.6 is 0 Å². The van der Waals surface area contributed by atoms with Gasteiger partial charge in [0.1, 0.15) is 5.82 Å². The van der Waals surface area contributed by atoms with E-state index in [2.05, 4.69) is 4.98 Å². The molecule has 32 heavy (non-hydrogen) atoms. The van der Waals surface area contributed by atoms with Gasteiger partial charge in [0.25, 0.3) is 5.56 Å². The van der Waals surface area contributed by atoms with Crippen LogP contribution in [0.15, 0.2) is 77.6 Å². The molecule has 1 heterocycles. The van der Waals surface area contributed by atoms with Crippen molar-refractivity contribution >= 4 is 29.0 Å². The van der Waals surface area contributed by atoms with Gasteiger partial charge in [-0.05, 0) is 60.2 Å². The number of aromatic carboxylic acids is 1. The summed E-state index contributed by atoms with van der Waals surface area (Å²) in [6.07, 6.45) is -1.58. The fraction of sp³-hybridized carbons (Fsp3) is 0.0417. The first-order chi connectivity index (χ1) is 15.2. The van der Waals surface area contributed by atoms with E-state index >= 15 is 0 Å². The van der Waals surface area contributed by atoms with Crippen LogP contribution in [0.5, 0.6) is 0 Å². The highest BCUT2D eigenvalue weighted by Crippen LogP contribution is 2.30. The van der Waals surface area contributed by atoms with Crippen molar-refractivity contribution < 1.29 is 23.1 Å². The van der Waals surface area contributed by atoms with Gasteiger partial charge in [-0.2, -0.15) is 13.2 Å². The van der Waals surface area contributed by atoms with Gasteiger partial charge in [0.2, 0.25) is 0 Å². The highest BCUT2D eigenvalue weighted by molar-refractivity contribution is 5.88. The van der Waals surface area contributed by atoms with Gasteiger partial charge in [-0.15, -0.1) is 0 Å². The van der Waals surface area contributed by atoms with Crippen LogP contribution < -0.4 is 5.56 Å². The van der Waals surface area contributed by atoms with Gasteiger partial charge in [0.05, 0.1) is 27.7 Å². The summed E-state index contributed by atoms with van der Waals surface area (Å²) >= 11 is 0. The van der Waals surface area contributed by atoms with Gasteiger partial charge in [-0.25, -0.2) is 9.78 Å². The summed E-state index contributed by atoms with van der Waals surface area (Å²) in [5.74, 6) is -0.917. The Balaban J connectivity index is 1.87. The third-order valence-electron chi connectivity index (χ3n) is 4.81. The second-order valence-electron chi connectivity index (χ2n) is 6.94. The van der Waals surface area contributed by atoms with Crippen molar-refractivity contribution in [3.63, 3.8) is 0 Å². The Hall–Kier alpha value is -4.20. The van der Waals surface area contributed by atoms with Crippen molar-refractivity contribution in [2.45, 2.75) is 6.18 Å². The van der Waals surface area contributed by atoms with E-state index in [0.717, 1.165) is 12.1 Å². The number of benzene rings is 3. The maximum atomic E-state index is 13.2. The number of aromatic nitrogens is 2. The Labute approximate surface area is 179 Å². The van der Waals surface area contributed by atoms with E-state index in [4.69, 9.17) is 5.11 Å². The normalized spacial score (nSPS) is 11.8. The van der Waals surface area contributed by atoms with Gasteiger partial charge >= 0.3 is 12.1 Å². The summed E-state index contributed by atoms with van der Waals surface area (Å²) < 4.78 is 40.3. The van der Waals surface area contributed by atoms with Crippen LogP contribution in [0.3, 0.4) is 0 Å². The predicted molar refractivity (Wildman–Crippen MR) is 115 cm³/mol. The number of carboxylic acid groups (broad SMARTS) is 1. The number of halogens is 3. The molecule has 8 heteroatoms. The monoisotopic (exact) mass is 436 g/mol. The summed E-state index contributed by atoms with van der Waals surface area (Å²) in [5.41, 5.74) is -0.0247. The minimum atomic E-state index is -4.47. The molecule has 0 radical (unpaired) electrons. The molecule has 0 atom stereocenters. The van der Waals surface area contributed by atoms with Crippen molar-refractivity contribution in [2.75, 3.05) is 0 Å². The molecule has 1 aromatic heterocycles. The number of nitrogens with zero attached hydrogens (tertiary/aromatic N) is 2. The minimum absolute atomic E-state index is 0.0524. The lowest BCUT2D eigenvalue weighted by atomic mass is 10.1. The molecule has 4 aromatic rings. The Morgan fingerprint density at radius 2 is 1.66 bits per heavy atom. The van der Waals surface area contributed by atoms with E-state index in [1.165, 1.54) is 53.1 Å². The third-order valence-corrected chi connectivity index (χ3v) is 4.81. The van der Waals surface area contributed by atoms with Gasteiger partial charge in [-0.3, -0.25) is 9.36 Å². The van der Waals surface area contributed by atoms with Crippen molar-refractivity contribution in [3.05, 3.63) is 106 Å². The van der Waals surface area contributed by atoms with E-state index < -0.39 is 17.7 Å². The van der Waals surface area contributed by atoms with Crippen LogP contribution in [0.2, 0.25) is 0 Å². The number of carboxylic acids is 1. The smallest absolute Gasteiger partial charge is 0.416 e. The number of rotatable bonds is 4. The van der Waals surface area contributed by atoms with E-state index in [1.807, 2.05) is 0 Å². The van der Waals surface area contributed by atoms with Crippen molar-refractivity contribution in [1.82, 2.24) is 9.55 Å². The first kappa shape index (κ1) is 21.0. The number of carbonyl (C=O) groups is 1. The molecule has 0 aliphatic heterocycles. The van der Waals surface area contributed by atoms with Crippen LogP contribution in [0, 0.1) is 0 Å². The highest BCUT2D eigenvalue weighted by atomic mass is 19.4. The van der Waals surface area contributed by atoms with Crippen LogP contribution in [0.4, 0.5) is 13.2 Å². The average Bonchev–Trinajstić information content (AvgIpc) is 2.77. The Bertz CT molecular complexity index is 1400. The van der Waals surface area contributed by atoms with Crippen LogP contribution in [-0.2, 0) is 6.18 Å². The molecule has 0 bridgehead atoms. The zero-order chi connectivity index (χ0) is 22.9. The van der Waals surface area contributed by atoms with E-state index in [-0.39, 0.29) is 22.5 Å². The van der Waals surface area contributed by atoms with E-state index in [1.54, 1.807) is 24.3 Å². The minimum Gasteiger partial charge on any atom is -0.478 e. The number of hydrogen-bond donors (Lipinski definition) is 1. The zero-order valence-corrected chi connectivity index (χ0v) is 16.4. The molecular weight excluding hydrogens is 421 g/mol. The molecular formula is C24H15F3N2O3. The number of hydrogen-bond acceptors (Lipinski definition) is 3. The molecule has 0 saturated carbocycles. The molecule has 0 spiro atoms. The number of alkyl halides is 3. The standard InChI is InChI=1S/C24H15F3N2O3/c25-24(26,27)17-5-3-4-15(14-17)8-13-21-28-20-7-2-1-6-19(20)22(30)29(21)18-11-9-16(10-12-18)23(31)32/h1-14H,(H,31,32)/b13-8-. The lowest BCUT2D eigenvalue weighted by Gasteiger charge is -2.12. The molecule has 5 nitrogen and oxygen atoms in total. The van der Waals surface area contributed by atoms with E-state index in [9.17, 15) is 22.8 Å². The molecule has 0 fully saturated rings. The van der Waals surface area contributed by atoms with Crippen molar-refractivity contribution in [3.8, 4) is 5.69 Å². The first-order valence-corrected chi connectivity index (χ1v) is 9.45. The van der Waals surface area contributed by atoms with E-state index in [0.29, 0.717) is 16.6 Å². The van der Waals surface area contributed by atoms with Gasteiger partial charge in [-0.1, -0.05) is 30.3 Å². The zero-order valence-electron chi connectivity index (χ0n) is 16.4. The fourth-order valence-corrected chi connectivity index (χ4v) is 3.25. The molecule has 0 amide bonds. The second-order valence-corrected chi connectivity index (χ2v) is 6.94. The van der Waals surface area contributed by atoms with Gasteiger partial charge in [0, 0.05) is 0 Å². The topological polar surface area (TPSA) is 72.2 Å². The highest BCUT2D eigenvalue weighted by Gasteiger charge is 2.30. The van der Waals surface area contributed by atoms with Crippen LogP contribution in [0.1, 0.15) is 27.3 Å². The Morgan fingerprint density at radius 3 is 2.34 bits per heavy atom. The lowest BCUT2D eigenvalue weighted by Crippen LogP contribution is -2.22. The number of para-hydroxylation sites is 1. The summed E-state index contributed by atoms with van der Waals surface area (Å²) in [6, 6.07) is 17.2. The predicted octanol–water partition coefficient (Wildman–Crippen LogP) is 5.27. The summed E-state index contributed by atoms with van der Waals surface area (Å²) in [7, 11) is 0. The SMILES string of the molecule is O=C(O)c1ccc(-n2c(/C=C\c3cccc(C(F)(F)F)c3)nc3ccccc3c2=O)cc1. The molecule has 0 unspecified atom stereocenters. The molecule has 0 aliphatic carbocycles. The molecule has 4 rings (SSSR count). The summed E-state index contributed by atoms with van der Waals surface area (Å²) in [4.78, 5) is 28.8. The Kier molecular flexibility index (Phi) is 5.36. The summed E-state index contributed by atoms with van der Waals surface area (Å²) in [6.45, 7) is 0. The third kappa shape index (κ3) is 4.15. The first-order valence-electron chi connectivity index (χ1n) is 9.45.